The lowest BCUT2D eigenvalue weighted by Crippen LogP contribution is -2.21. The van der Waals surface area contributed by atoms with Crippen molar-refractivity contribution in [3.63, 3.8) is 0 Å². The molecule has 92 valence electrons. The zero-order chi connectivity index (χ0) is 11.8. The summed E-state index contributed by atoms with van der Waals surface area (Å²) in [6.45, 7) is 3.55. The van der Waals surface area contributed by atoms with Crippen LogP contribution in [-0.4, -0.2) is 39.3 Å². The molecule has 1 aromatic rings. The highest BCUT2D eigenvalue weighted by atomic mass is 16.5. The second-order valence-corrected chi connectivity index (χ2v) is 3.98. The van der Waals surface area contributed by atoms with E-state index in [4.69, 9.17) is 9.15 Å². The van der Waals surface area contributed by atoms with Gasteiger partial charge < -0.3 is 14.5 Å². The van der Waals surface area contributed by atoms with Crippen LogP contribution in [0.5, 0.6) is 0 Å². The van der Waals surface area contributed by atoms with E-state index >= 15 is 0 Å². The van der Waals surface area contributed by atoms with Crippen molar-refractivity contribution in [1.82, 2.24) is 10.2 Å². The van der Waals surface area contributed by atoms with Crippen molar-refractivity contribution in [2.45, 2.75) is 19.5 Å². The van der Waals surface area contributed by atoms with Gasteiger partial charge in [-0.3, -0.25) is 4.90 Å². The Kier molecular flexibility index (Phi) is 6.15. The number of methoxy groups -OCH3 is 1. The summed E-state index contributed by atoms with van der Waals surface area (Å²) < 4.78 is 10.5. The fourth-order valence-corrected chi connectivity index (χ4v) is 1.66. The van der Waals surface area contributed by atoms with Gasteiger partial charge in [0.25, 0.3) is 0 Å². The van der Waals surface area contributed by atoms with Crippen molar-refractivity contribution in [1.29, 1.82) is 0 Å². The van der Waals surface area contributed by atoms with Gasteiger partial charge >= 0.3 is 0 Å². The van der Waals surface area contributed by atoms with E-state index < -0.39 is 0 Å². The molecule has 0 bridgehead atoms. The standard InChI is InChI=1S/C12H22N2O2/c1-13-9-11-5-8-16-12(11)10-14(2)6-4-7-15-3/h5,8,13H,4,6-7,9-10H2,1-3H3. The summed E-state index contributed by atoms with van der Waals surface area (Å²) >= 11 is 0. The first kappa shape index (κ1) is 13.2. The molecule has 1 rings (SSSR count). The van der Waals surface area contributed by atoms with Crippen LogP contribution in [0.1, 0.15) is 17.7 Å². The third kappa shape index (κ3) is 4.35. The fraction of sp³-hybridized carbons (Fsp3) is 0.667. The second kappa shape index (κ2) is 7.44. The minimum absolute atomic E-state index is 0.811. The molecule has 0 atom stereocenters. The van der Waals surface area contributed by atoms with E-state index in [1.807, 2.05) is 13.1 Å². The summed E-state index contributed by atoms with van der Waals surface area (Å²) in [6, 6.07) is 2.02. The molecule has 4 nitrogen and oxygen atoms in total. The van der Waals surface area contributed by atoms with Gasteiger partial charge in [0.1, 0.15) is 5.76 Å². The molecule has 0 saturated heterocycles. The Morgan fingerprint density at radius 1 is 1.50 bits per heavy atom. The van der Waals surface area contributed by atoms with E-state index in [9.17, 15) is 0 Å². The van der Waals surface area contributed by atoms with E-state index in [-0.39, 0.29) is 0 Å². The molecule has 0 fully saturated rings. The third-order valence-electron chi connectivity index (χ3n) is 2.51. The van der Waals surface area contributed by atoms with Gasteiger partial charge in [-0.05, 0) is 26.6 Å². The average Bonchev–Trinajstić information content (AvgIpc) is 2.67. The lowest BCUT2D eigenvalue weighted by atomic mass is 10.2. The van der Waals surface area contributed by atoms with Crippen molar-refractivity contribution < 1.29 is 9.15 Å². The molecule has 0 radical (unpaired) electrons. The first-order valence-electron chi connectivity index (χ1n) is 5.65. The Hall–Kier alpha value is -0.840. The first-order chi connectivity index (χ1) is 7.77. The molecular formula is C12H22N2O2. The second-order valence-electron chi connectivity index (χ2n) is 3.98. The number of furan rings is 1. The Balaban J connectivity index is 2.36. The Morgan fingerprint density at radius 3 is 3.00 bits per heavy atom. The normalized spacial score (nSPS) is 11.2. The topological polar surface area (TPSA) is 37.6 Å². The van der Waals surface area contributed by atoms with Crippen LogP contribution in [0.15, 0.2) is 16.7 Å². The molecule has 4 heteroatoms. The zero-order valence-electron chi connectivity index (χ0n) is 10.5. The summed E-state index contributed by atoms with van der Waals surface area (Å²) in [4.78, 5) is 2.25. The molecular weight excluding hydrogens is 204 g/mol. The third-order valence-corrected chi connectivity index (χ3v) is 2.51. The predicted octanol–water partition coefficient (Wildman–Crippen LogP) is 1.47. The minimum Gasteiger partial charge on any atom is -0.468 e. The molecule has 1 N–H and O–H groups in total. The van der Waals surface area contributed by atoms with Gasteiger partial charge in [0.05, 0.1) is 12.8 Å². The summed E-state index contributed by atoms with van der Waals surface area (Å²) in [6.07, 6.45) is 2.81. The minimum atomic E-state index is 0.811. The van der Waals surface area contributed by atoms with E-state index in [2.05, 4.69) is 17.3 Å². The van der Waals surface area contributed by atoms with Crippen LogP contribution in [0.25, 0.3) is 0 Å². The van der Waals surface area contributed by atoms with Gasteiger partial charge in [0.15, 0.2) is 0 Å². The molecule has 1 aromatic heterocycles. The highest BCUT2D eigenvalue weighted by Crippen LogP contribution is 2.12. The van der Waals surface area contributed by atoms with Crippen molar-refractivity contribution >= 4 is 0 Å². The van der Waals surface area contributed by atoms with Crippen LogP contribution in [0, 0.1) is 0 Å². The number of rotatable bonds is 8. The predicted molar refractivity (Wildman–Crippen MR) is 64.3 cm³/mol. The number of ether oxygens (including phenoxy) is 1. The van der Waals surface area contributed by atoms with Gasteiger partial charge in [0, 0.05) is 32.4 Å². The fourth-order valence-electron chi connectivity index (χ4n) is 1.66. The quantitative estimate of drug-likeness (QED) is 0.681. The Morgan fingerprint density at radius 2 is 2.31 bits per heavy atom. The summed E-state index contributed by atoms with van der Waals surface area (Å²) in [5.41, 5.74) is 1.24. The maximum Gasteiger partial charge on any atom is 0.122 e. The molecule has 0 aliphatic rings. The van der Waals surface area contributed by atoms with E-state index in [0.717, 1.165) is 38.4 Å². The molecule has 0 saturated carbocycles. The number of nitrogens with zero attached hydrogens (tertiary/aromatic N) is 1. The Bertz CT molecular complexity index is 286. The van der Waals surface area contributed by atoms with Gasteiger partial charge in [-0.2, -0.15) is 0 Å². The Labute approximate surface area is 97.6 Å². The van der Waals surface area contributed by atoms with Gasteiger partial charge in [-0.1, -0.05) is 0 Å². The zero-order valence-corrected chi connectivity index (χ0v) is 10.5. The number of nitrogens with one attached hydrogen (secondary N) is 1. The largest absolute Gasteiger partial charge is 0.468 e. The van der Waals surface area contributed by atoms with E-state index in [1.54, 1.807) is 13.4 Å². The molecule has 0 unspecified atom stereocenters. The SMILES string of the molecule is CNCc1ccoc1CN(C)CCCOC. The molecule has 0 aromatic carbocycles. The highest BCUT2D eigenvalue weighted by Gasteiger charge is 2.08. The lowest BCUT2D eigenvalue weighted by Gasteiger charge is -2.15. The molecule has 1 heterocycles. The highest BCUT2D eigenvalue weighted by molar-refractivity contribution is 5.16. The lowest BCUT2D eigenvalue weighted by molar-refractivity contribution is 0.175. The molecule has 0 amide bonds. The van der Waals surface area contributed by atoms with Crippen LogP contribution in [0.3, 0.4) is 0 Å². The van der Waals surface area contributed by atoms with Crippen molar-refractivity contribution in [3.05, 3.63) is 23.7 Å². The maximum atomic E-state index is 5.48. The number of hydrogen-bond acceptors (Lipinski definition) is 4. The van der Waals surface area contributed by atoms with Crippen LogP contribution in [0.2, 0.25) is 0 Å². The van der Waals surface area contributed by atoms with Crippen LogP contribution in [0.4, 0.5) is 0 Å². The first-order valence-corrected chi connectivity index (χ1v) is 5.65. The summed E-state index contributed by atoms with van der Waals surface area (Å²) in [5.74, 6) is 1.05. The summed E-state index contributed by atoms with van der Waals surface area (Å²) in [7, 11) is 5.78. The van der Waals surface area contributed by atoms with Crippen molar-refractivity contribution in [2.24, 2.45) is 0 Å². The number of hydrogen-bond donors (Lipinski definition) is 1. The molecule has 0 spiro atoms. The van der Waals surface area contributed by atoms with Crippen molar-refractivity contribution in [3.8, 4) is 0 Å². The van der Waals surface area contributed by atoms with Crippen LogP contribution >= 0.6 is 0 Å². The molecule has 0 aliphatic carbocycles. The monoisotopic (exact) mass is 226 g/mol. The smallest absolute Gasteiger partial charge is 0.122 e. The maximum absolute atomic E-state index is 5.48. The van der Waals surface area contributed by atoms with Gasteiger partial charge in [0.2, 0.25) is 0 Å². The van der Waals surface area contributed by atoms with Crippen LogP contribution in [-0.2, 0) is 17.8 Å². The van der Waals surface area contributed by atoms with Crippen LogP contribution < -0.4 is 5.32 Å². The van der Waals surface area contributed by atoms with E-state index in [0.29, 0.717) is 0 Å². The van der Waals surface area contributed by atoms with Crippen molar-refractivity contribution in [2.75, 3.05) is 34.4 Å². The van der Waals surface area contributed by atoms with Gasteiger partial charge in [-0.25, -0.2) is 0 Å². The van der Waals surface area contributed by atoms with Gasteiger partial charge in [-0.15, -0.1) is 0 Å². The summed E-state index contributed by atoms with van der Waals surface area (Å²) in [5, 5.41) is 3.14. The molecule has 0 aliphatic heterocycles. The van der Waals surface area contributed by atoms with E-state index in [1.165, 1.54) is 5.56 Å². The molecule has 16 heavy (non-hydrogen) atoms. The average molecular weight is 226 g/mol.